The molecule has 0 aliphatic heterocycles. The average Bonchev–Trinajstić information content (AvgIpc) is 2.82. The van der Waals surface area contributed by atoms with Gasteiger partial charge in [0.25, 0.3) is 0 Å². The molecule has 0 fully saturated rings. The minimum Gasteiger partial charge on any atom is -0.505 e. The van der Waals surface area contributed by atoms with Gasteiger partial charge in [-0.25, -0.2) is 4.98 Å². The summed E-state index contributed by atoms with van der Waals surface area (Å²) < 4.78 is 1.77. The van der Waals surface area contributed by atoms with Crippen LogP contribution in [0.25, 0.3) is 32.6 Å². The number of hydrogen-bond donors (Lipinski definition) is 1. The van der Waals surface area contributed by atoms with E-state index in [1.165, 1.54) is 0 Å². The van der Waals surface area contributed by atoms with Gasteiger partial charge in [0.1, 0.15) is 28.3 Å². The Kier molecular flexibility index (Phi) is 2.48. The maximum absolute atomic E-state index is 11.4. The Morgan fingerprint density at radius 1 is 1.14 bits per heavy atom. The summed E-state index contributed by atoms with van der Waals surface area (Å²) in [5.41, 5.74) is 1.25. The molecule has 5 heteroatoms. The van der Waals surface area contributed by atoms with Gasteiger partial charge in [0.15, 0.2) is 0 Å². The van der Waals surface area contributed by atoms with Crippen LogP contribution in [-0.4, -0.2) is 14.7 Å². The number of benzene rings is 3. The van der Waals surface area contributed by atoms with E-state index in [1.807, 2.05) is 50.4 Å². The van der Waals surface area contributed by atoms with Crippen LogP contribution in [0.4, 0.5) is 5.69 Å². The zero-order valence-corrected chi connectivity index (χ0v) is 12.2. The number of aromatic nitrogens is 2. The van der Waals surface area contributed by atoms with Crippen molar-refractivity contribution in [3.05, 3.63) is 47.1 Å². The summed E-state index contributed by atoms with van der Waals surface area (Å²) in [4.78, 5) is 15.8. The maximum atomic E-state index is 11.4. The van der Waals surface area contributed by atoms with Gasteiger partial charge in [0.2, 0.25) is 0 Å². The molecule has 1 heterocycles. The van der Waals surface area contributed by atoms with Crippen molar-refractivity contribution in [3.8, 4) is 5.75 Å². The largest absolute Gasteiger partial charge is 0.505 e. The lowest BCUT2D eigenvalue weighted by Crippen LogP contribution is -1.91. The molecule has 0 bridgehead atoms. The van der Waals surface area contributed by atoms with E-state index in [2.05, 4.69) is 10.2 Å². The molecule has 22 heavy (non-hydrogen) atoms. The third kappa shape index (κ3) is 1.50. The zero-order valence-electron chi connectivity index (χ0n) is 12.2. The summed E-state index contributed by atoms with van der Waals surface area (Å²) in [6, 6.07) is 11.6. The second-order valence-corrected chi connectivity index (χ2v) is 5.45. The lowest BCUT2D eigenvalue weighted by molar-refractivity contribution is 0.485. The smallest absolute Gasteiger partial charge is 0.149 e. The summed E-state index contributed by atoms with van der Waals surface area (Å²) in [5, 5.41) is 17.1. The van der Waals surface area contributed by atoms with E-state index in [-0.39, 0.29) is 11.4 Å². The SMILES string of the molecule is Cc1nc2c(N=O)c3cc4ccccc4cc3c(O)c2n1C. The first-order valence-electron chi connectivity index (χ1n) is 6.95. The number of rotatable bonds is 1. The molecule has 0 saturated heterocycles. The van der Waals surface area contributed by atoms with Gasteiger partial charge < -0.3 is 9.67 Å². The molecule has 0 radical (unpaired) electrons. The van der Waals surface area contributed by atoms with Gasteiger partial charge in [-0.3, -0.25) is 0 Å². The normalized spacial score (nSPS) is 11.5. The monoisotopic (exact) mass is 291 g/mol. The van der Waals surface area contributed by atoms with Crippen LogP contribution >= 0.6 is 0 Å². The minimum atomic E-state index is 0.131. The predicted octanol–water partition coefficient (Wildman–Crippen LogP) is 4.29. The number of nitrogens with zero attached hydrogens (tertiary/aromatic N) is 3. The number of aryl methyl sites for hydroxylation is 2. The predicted molar refractivity (Wildman–Crippen MR) is 87.6 cm³/mol. The molecule has 0 atom stereocenters. The van der Waals surface area contributed by atoms with Crippen molar-refractivity contribution in [2.75, 3.05) is 0 Å². The topological polar surface area (TPSA) is 67.5 Å². The van der Waals surface area contributed by atoms with Crippen LogP contribution in [0.2, 0.25) is 0 Å². The highest BCUT2D eigenvalue weighted by Crippen LogP contribution is 2.43. The Labute approximate surface area is 125 Å². The molecule has 0 aliphatic carbocycles. The highest BCUT2D eigenvalue weighted by molar-refractivity contribution is 6.15. The lowest BCUT2D eigenvalue weighted by atomic mass is 10.0. The van der Waals surface area contributed by atoms with Gasteiger partial charge in [-0.2, -0.15) is 0 Å². The summed E-state index contributed by atoms with van der Waals surface area (Å²) in [6.45, 7) is 1.83. The molecule has 0 aliphatic rings. The van der Waals surface area contributed by atoms with Crippen LogP contribution in [0.15, 0.2) is 41.6 Å². The zero-order chi connectivity index (χ0) is 15.4. The number of phenolic OH excluding ortho intramolecular Hbond substituents is 1. The molecule has 0 amide bonds. The van der Waals surface area contributed by atoms with Gasteiger partial charge in [-0.05, 0) is 35.0 Å². The Balaban J connectivity index is 2.34. The van der Waals surface area contributed by atoms with Crippen LogP contribution in [0, 0.1) is 11.8 Å². The number of nitroso groups, excluding NO2 is 1. The fourth-order valence-corrected chi connectivity index (χ4v) is 3.03. The Bertz CT molecular complexity index is 1080. The molecule has 1 aromatic heterocycles. The summed E-state index contributed by atoms with van der Waals surface area (Å²) in [7, 11) is 1.81. The van der Waals surface area contributed by atoms with Crippen molar-refractivity contribution in [1.29, 1.82) is 0 Å². The molecular weight excluding hydrogens is 278 g/mol. The van der Waals surface area contributed by atoms with Crippen LogP contribution in [-0.2, 0) is 7.05 Å². The Morgan fingerprint density at radius 2 is 1.77 bits per heavy atom. The maximum Gasteiger partial charge on any atom is 0.149 e. The van der Waals surface area contributed by atoms with Gasteiger partial charge >= 0.3 is 0 Å². The third-order valence-corrected chi connectivity index (χ3v) is 4.25. The van der Waals surface area contributed by atoms with Crippen molar-refractivity contribution < 1.29 is 5.11 Å². The molecule has 4 aromatic rings. The molecule has 0 unspecified atom stereocenters. The Hall–Kier alpha value is -2.95. The summed E-state index contributed by atoms with van der Waals surface area (Å²) in [5.74, 6) is 0.848. The summed E-state index contributed by atoms with van der Waals surface area (Å²) in [6.07, 6.45) is 0. The van der Waals surface area contributed by atoms with Gasteiger partial charge in [-0.15, -0.1) is 4.91 Å². The number of phenols is 1. The number of aromatic hydroxyl groups is 1. The van der Waals surface area contributed by atoms with Gasteiger partial charge in [0.05, 0.1) is 0 Å². The standard InChI is InChI=1S/C17H13N3O2/c1-9-18-15-14(19-22)12-7-10-5-3-4-6-11(10)8-13(12)17(21)16(15)20(9)2/h3-8,21H,1-2H3. The van der Waals surface area contributed by atoms with E-state index in [0.717, 1.165) is 16.6 Å². The van der Waals surface area contributed by atoms with E-state index < -0.39 is 0 Å². The van der Waals surface area contributed by atoms with Crippen molar-refractivity contribution in [1.82, 2.24) is 9.55 Å². The van der Waals surface area contributed by atoms with Gasteiger partial charge in [0, 0.05) is 17.8 Å². The fraction of sp³-hybridized carbons (Fsp3) is 0.118. The van der Waals surface area contributed by atoms with E-state index in [4.69, 9.17) is 0 Å². The molecule has 0 saturated carbocycles. The van der Waals surface area contributed by atoms with E-state index >= 15 is 0 Å². The van der Waals surface area contributed by atoms with Crippen LogP contribution in [0.5, 0.6) is 5.75 Å². The lowest BCUT2D eigenvalue weighted by Gasteiger charge is -2.08. The van der Waals surface area contributed by atoms with E-state index in [9.17, 15) is 10.0 Å². The van der Waals surface area contributed by atoms with E-state index in [1.54, 1.807) is 4.57 Å². The number of fused-ring (bicyclic) bond motifs is 3. The molecule has 3 aromatic carbocycles. The first-order valence-corrected chi connectivity index (χ1v) is 6.95. The van der Waals surface area contributed by atoms with E-state index in [0.29, 0.717) is 21.8 Å². The van der Waals surface area contributed by atoms with Crippen molar-refractivity contribution in [2.24, 2.45) is 12.2 Å². The molecular formula is C17H13N3O2. The van der Waals surface area contributed by atoms with Crippen molar-refractivity contribution in [2.45, 2.75) is 6.92 Å². The third-order valence-electron chi connectivity index (χ3n) is 4.25. The summed E-state index contributed by atoms with van der Waals surface area (Å²) >= 11 is 0. The fourth-order valence-electron chi connectivity index (χ4n) is 3.03. The van der Waals surface area contributed by atoms with Crippen LogP contribution < -0.4 is 0 Å². The highest BCUT2D eigenvalue weighted by atomic mass is 16.3. The Morgan fingerprint density at radius 3 is 2.41 bits per heavy atom. The van der Waals surface area contributed by atoms with Crippen LogP contribution in [0.1, 0.15) is 5.82 Å². The van der Waals surface area contributed by atoms with Crippen molar-refractivity contribution >= 4 is 38.3 Å². The van der Waals surface area contributed by atoms with Crippen molar-refractivity contribution in [3.63, 3.8) is 0 Å². The molecule has 4 rings (SSSR count). The van der Waals surface area contributed by atoms with Crippen LogP contribution in [0.3, 0.4) is 0 Å². The quantitative estimate of drug-likeness (QED) is 0.420. The molecule has 108 valence electrons. The molecule has 1 N–H and O–H groups in total. The molecule has 5 nitrogen and oxygen atoms in total. The highest BCUT2D eigenvalue weighted by Gasteiger charge is 2.19. The average molecular weight is 291 g/mol. The first-order chi connectivity index (χ1) is 10.6. The second kappa shape index (κ2) is 4.27. The number of hydrogen-bond acceptors (Lipinski definition) is 4. The second-order valence-electron chi connectivity index (χ2n) is 5.45. The number of imidazole rings is 1. The molecule has 0 spiro atoms. The van der Waals surface area contributed by atoms with Gasteiger partial charge in [-0.1, -0.05) is 24.3 Å². The first kappa shape index (κ1) is 12.8. The minimum absolute atomic E-state index is 0.131.